The molecule has 1 aliphatic rings. The number of rotatable bonds is 3. The topological polar surface area (TPSA) is 30.2 Å². The standard InChI is InChI=1S/C18H18ClN3S/c19-17-16-14(13-7-3-1-4-8-13)12-23-18(16)21-15(20-17)11-22-9-5-2-6-10-22/h1,3-4,7-8,12H,2,5-6,9-11H2/p+1. The summed E-state index contributed by atoms with van der Waals surface area (Å²) >= 11 is 8.18. The molecule has 2 aromatic heterocycles. The van der Waals surface area contributed by atoms with Gasteiger partial charge in [-0.3, -0.25) is 0 Å². The first-order valence-corrected chi connectivity index (χ1v) is 9.39. The lowest BCUT2D eigenvalue weighted by Gasteiger charge is -2.22. The third kappa shape index (κ3) is 3.11. The predicted molar refractivity (Wildman–Crippen MR) is 96.1 cm³/mol. The van der Waals surface area contributed by atoms with E-state index in [0.29, 0.717) is 5.15 Å². The van der Waals surface area contributed by atoms with Crippen LogP contribution in [-0.4, -0.2) is 23.1 Å². The summed E-state index contributed by atoms with van der Waals surface area (Å²) in [4.78, 5) is 11.9. The average molecular weight is 345 g/mol. The largest absolute Gasteiger partial charge is 0.329 e. The lowest BCUT2D eigenvalue weighted by Crippen LogP contribution is -3.11. The van der Waals surface area contributed by atoms with Crippen LogP contribution >= 0.6 is 22.9 Å². The van der Waals surface area contributed by atoms with Crippen molar-refractivity contribution in [1.82, 2.24) is 9.97 Å². The summed E-state index contributed by atoms with van der Waals surface area (Å²) in [6.45, 7) is 3.33. The molecule has 0 aliphatic carbocycles. The quantitative estimate of drug-likeness (QED) is 0.736. The van der Waals surface area contributed by atoms with Gasteiger partial charge in [-0.2, -0.15) is 0 Å². The molecule has 1 N–H and O–H groups in total. The number of quaternary nitrogens is 1. The van der Waals surface area contributed by atoms with E-state index >= 15 is 0 Å². The van der Waals surface area contributed by atoms with Crippen LogP contribution < -0.4 is 4.90 Å². The van der Waals surface area contributed by atoms with E-state index in [1.807, 2.05) is 18.2 Å². The van der Waals surface area contributed by atoms with Crippen LogP contribution in [0.3, 0.4) is 0 Å². The van der Waals surface area contributed by atoms with Crippen LogP contribution in [0.5, 0.6) is 0 Å². The molecule has 1 saturated heterocycles. The molecule has 1 fully saturated rings. The number of hydrogen-bond acceptors (Lipinski definition) is 3. The molecule has 0 unspecified atom stereocenters. The van der Waals surface area contributed by atoms with Crippen molar-refractivity contribution in [2.75, 3.05) is 13.1 Å². The Morgan fingerprint density at radius 3 is 2.61 bits per heavy atom. The minimum Gasteiger partial charge on any atom is -0.329 e. The van der Waals surface area contributed by atoms with Crippen LogP contribution in [0.15, 0.2) is 35.7 Å². The van der Waals surface area contributed by atoms with Crippen molar-refractivity contribution in [3.63, 3.8) is 0 Å². The molecule has 0 spiro atoms. The van der Waals surface area contributed by atoms with Crippen molar-refractivity contribution >= 4 is 33.2 Å². The molecule has 0 radical (unpaired) electrons. The van der Waals surface area contributed by atoms with Gasteiger partial charge in [0.25, 0.3) is 0 Å². The number of nitrogens with zero attached hydrogens (tertiary/aromatic N) is 2. The summed E-state index contributed by atoms with van der Waals surface area (Å²) in [5.74, 6) is 0.876. The van der Waals surface area contributed by atoms with Crippen LogP contribution in [0.4, 0.5) is 0 Å². The molecule has 1 aliphatic heterocycles. The predicted octanol–water partition coefficient (Wildman–Crippen LogP) is 3.58. The Labute approximate surface area is 144 Å². The minimum atomic E-state index is 0.585. The van der Waals surface area contributed by atoms with E-state index in [-0.39, 0.29) is 0 Å². The number of hydrogen-bond donors (Lipinski definition) is 1. The van der Waals surface area contributed by atoms with Gasteiger partial charge in [0.2, 0.25) is 0 Å². The van der Waals surface area contributed by atoms with Crippen molar-refractivity contribution < 1.29 is 4.90 Å². The summed E-state index contributed by atoms with van der Waals surface area (Å²) < 4.78 is 0. The van der Waals surface area contributed by atoms with Crippen molar-refractivity contribution in [2.45, 2.75) is 25.8 Å². The van der Waals surface area contributed by atoms with E-state index < -0.39 is 0 Å². The van der Waals surface area contributed by atoms with Crippen LogP contribution in [0.2, 0.25) is 5.15 Å². The number of thiophene rings is 1. The summed E-state index contributed by atoms with van der Waals surface area (Å²) in [7, 11) is 0. The Balaban J connectivity index is 1.69. The second-order valence-corrected chi connectivity index (χ2v) is 7.33. The molecule has 0 amide bonds. The third-order valence-electron chi connectivity index (χ3n) is 4.49. The molecule has 23 heavy (non-hydrogen) atoms. The molecule has 4 rings (SSSR count). The van der Waals surface area contributed by atoms with Crippen LogP contribution in [-0.2, 0) is 6.54 Å². The number of aromatic nitrogens is 2. The Bertz CT molecular complexity index is 810. The zero-order valence-electron chi connectivity index (χ0n) is 12.9. The Hall–Kier alpha value is -1.49. The fourth-order valence-corrected chi connectivity index (χ4v) is 4.61. The highest BCUT2D eigenvalue weighted by Crippen LogP contribution is 2.36. The Morgan fingerprint density at radius 2 is 1.83 bits per heavy atom. The zero-order valence-corrected chi connectivity index (χ0v) is 14.5. The number of nitrogens with one attached hydrogen (secondary N) is 1. The SMILES string of the molecule is Clc1nc(C[NH+]2CCCCC2)nc2scc(-c3ccccc3)c12. The first-order chi connectivity index (χ1) is 11.3. The number of halogens is 1. The molecule has 0 saturated carbocycles. The van der Waals surface area contributed by atoms with Gasteiger partial charge in [-0.25, -0.2) is 9.97 Å². The van der Waals surface area contributed by atoms with Gasteiger partial charge in [-0.05, 0) is 24.8 Å². The maximum Gasteiger partial charge on any atom is 0.186 e. The van der Waals surface area contributed by atoms with Crippen LogP contribution in [0.25, 0.3) is 21.3 Å². The van der Waals surface area contributed by atoms with Gasteiger partial charge >= 0.3 is 0 Å². The summed E-state index contributed by atoms with van der Waals surface area (Å²) in [5.41, 5.74) is 2.30. The van der Waals surface area contributed by atoms with Gasteiger partial charge in [-0.1, -0.05) is 41.9 Å². The second-order valence-electron chi connectivity index (χ2n) is 6.11. The number of benzene rings is 1. The summed E-state index contributed by atoms with van der Waals surface area (Å²) in [5, 5.41) is 3.71. The van der Waals surface area contributed by atoms with Crippen molar-refractivity contribution in [3.05, 3.63) is 46.7 Å². The van der Waals surface area contributed by atoms with E-state index in [2.05, 4.69) is 22.5 Å². The molecule has 1 aromatic carbocycles. The van der Waals surface area contributed by atoms with Crippen molar-refractivity contribution in [2.24, 2.45) is 0 Å². The fraction of sp³-hybridized carbons (Fsp3) is 0.333. The molecular formula is C18H19ClN3S+. The van der Waals surface area contributed by atoms with E-state index in [1.165, 1.54) is 37.9 Å². The van der Waals surface area contributed by atoms with E-state index in [1.54, 1.807) is 16.2 Å². The third-order valence-corrected chi connectivity index (χ3v) is 5.64. The highest BCUT2D eigenvalue weighted by atomic mass is 35.5. The number of likely N-dealkylation sites (tertiary alicyclic amines) is 1. The van der Waals surface area contributed by atoms with Gasteiger partial charge in [0, 0.05) is 10.9 Å². The highest BCUT2D eigenvalue weighted by molar-refractivity contribution is 7.17. The van der Waals surface area contributed by atoms with Gasteiger partial charge < -0.3 is 4.90 Å². The molecule has 0 bridgehead atoms. The van der Waals surface area contributed by atoms with E-state index in [0.717, 1.165) is 28.1 Å². The molecule has 3 aromatic rings. The highest BCUT2D eigenvalue weighted by Gasteiger charge is 2.18. The summed E-state index contributed by atoms with van der Waals surface area (Å²) in [6, 6.07) is 10.3. The van der Waals surface area contributed by atoms with Crippen LogP contribution in [0.1, 0.15) is 25.1 Å². The summed E-state index contributed by atoms with van der Waals surface area (Å²) in [6.07, 6.45) is 3.97. The number of fused-ring (bicyclic) bond motifs is 1. The molecule has 3 nitrogen and oxygen atoms in total. The first kappa shape index (κ1) is 15.1. The lowest BCUT2D eigenvalue weighted by atomic mass is 10.1. The molecule has 5 heteroatoms. The monoisotopic (exact) mass is 344 g/mol. The normalized spacial score (nSPS) is 16.0. The fourth-order valence-electron chi connectivity index (χ4n) is 3.30. The average Bonchev–Trinajstić information content (AvgIpc) is 3.01. The van der Waals surface area contributed by atoms with Crippen molar-refractivity contribution in [1.29, 1.82) is 0 Å². The van der Waals surface area contributed by atoms with Gasteiger partial charge in [0.15, 0.2) is 5.82 Å². The van der Waals surface area contributed by atoms with Gasteiger partial charge in [0.05, 0.1) is 18.5 Å². The van der Waals surface area contributed by atoms with Gasteiger partial charge in [-0.15, -0.1) is 11.3 Å². The maximum absolute atomic E-state index is 6.52. The molecule has 3 heterocycles. The van der Waals surface area contributed by atoms with Crippen LogP contribution in [0, 0.1) is 0 Å². The van der Waals surface area contributed by atoms with Crippen molar-refractivity contribution in [3.8, 4) is 11.1 Å². The molecular weight excluding hydrogens is 326 g/mol. The van der Waals surface area contributed by atoms with E-state index in [9.17, 15) is 0 Å². The first-order valence-electron chi connectivity index (χ1n) is 8.14. The number of piperidine rings is 1. The smallest absolute Gasteiger partial charge is 0.186 e. The van der Waals surface area contributed by atoms with Gasteiger partial charge in [0.1, 0.15) is 16.5 Å². The second kappa shape index (κ2) is 6.56. The molecule has 118 valence electrons. The maximum atomic E-state index is 6.52. The molecule has 0 atom stereocenters. The minimum absolute atomic E-state index is 0.585. The zero-order chi connectivity index (χ0) is 15.6. The lowest BCUT2D eigenvalue weighted by molar-refractivity contribution is -0.919. The van der Waals surface area contributed by atoms with E-state index in [4.69, 9.17) is 16.6 Å². The Morgan fingerprint density at radius 1 is 1.04 bits per heavy atom. The Kier molecular flexibility index (Phi) is 4.29.